The van der Waals surface area contributed by atoms with Gasteiger partial charge in [-0.15, -0.1) is 0 Å². The van der Waals surface area contributed by atoms with E-state index in [9.17, 15) is 0 Å². The molecule has 0 aliphatic heterocycles. The number of hydrogen-bond donors (Lipinski definition) is 0. The summed E-state index contributed by atoms with van der Waals surface area (Å²) in [5.41, 5.74) is 1.41. The Morgan fingerprint density at radius 3 is 1.90 bits per heavy atom. The Kier molecular flexibility index (Phi) is 0.964. The Bertz CT molecular complexity index is 147. The summed E-state index contributed by atoms with van der Waals surface area (Å²) in [5.74, 6) is 2.01. The lowest BCUT2D eigenvalue weighted by Gasteiger charge is -2.72. The van der Waals surface area contributed by atoms with Crippen LogP contribution < -0.4 is 0 Å². The first kappa shape index (κ1) is 6.69. The Morgan fingerprint density at radius 2 is 1.80 bits per heavy atom. The monoisotopic (exact) mass is 138 g/mol. The van der Waals surface area contributed by atoms with Gasteiger partial charge in [-0.3, -0.25) is 0 Å². The molecule has 58 valence electrons. The highest BCUT2D eigenvalue weighted by molar-refractivity contribution is 5.14. The second-order valence-electron chi connectivity index (χ2n) is 5.14. The summed E-state index contributed by atoms with van der Waals surface area (Å²) in [6, 6.07) is 0. The highest BCUT2D eigenvalue weighted by Gasteiger charge is 2.65. The summed E-state index contributed by atoms with van der Waals surface area (Å²) in [6.45, 7) is 9.76. The van der Waals surface area contributed by atoms with Crippen LogP contribution >= 0.6 is 0 Å². The maximum atomic E-state index is 2.47. The molecule has 1 unspecified atom stereocenters. The molecule has 0 saturated heterocycles. The predicted octanol–water partition coefficient (Wildman–Crippen LogP) is 3.08. The van der Waals surface area contributed by atoms with Crippen LogP contribution in [0.25, 0.3) is 0 Å². The quantitative estimate of drug-likeness (QED) is 0.482. The lowest BCUT2D eigenvalue weighted by atomic mass is 9.33. The van der Waals surface area contributed by atoms with E-state index < -0.39 is 0 Å². The summed E-state index contributed by atoms with van der Waals surface area (Å²) in [7, 11) is 0. The van der Waals surface area contributed by atoms with Gasteiger partial charge in [-0.1, -0.05) is 27.7 Å². The van der Waals surface area contributed by atoms with Crippen LogP contribution in [0.15, 0.2) is 0 Å². The summed E-state index contributed by atoms with van der Waals surface area (Å²) < 4.78 is 0. The molecule has 0 aromatic heterocycles. The summed E-state index contributed by atoms with van der Waals surface area (Å²) >= 11 is 0. The third-order valence-electron chi connectivity index (χ3n) is 4.77. The van der Waals surface area contributed by atoms with Crippen LogP contribution in [0.5, 0.6) is 0 Å². The van der Waals surface area contributed by atoms with Gasteiger partial charge in [0.1, 0.15) is 0 Å². The molecule has 0 aromatic rings. The molecule has 0 N–H and O–H groups in total. The van der Waals surface area contributed by atoms with Crippen LogP contribution in [0.2, 0.25) is 0 Å². The molecule has 2 rings (SSSR count). The van der Waals surface area contributed by atoms with E-state index in [4.69, 9.17) is 0 Å². The molecule has 0 aromatic carbocycles. The minimum Gasteiger partial charge on any atom is -0.0615 e. The Balaban J connectivity index is 2.22. The molecule has 2 aliphatic carbocycles. The molecule has 0 spiro atoms. The Hall–Kier alpha value is 0. The van der Waals surface area contributed by atoms with Crippen molar-refractivity contribution >= 4 is 0 Å². The fraction of sp³-hybridized carbons (Fsp3) is 1.00. The highest BCUT2D eigenvalue weighted by Crippen LogP contribution is 2.73. The van der Waals surface area contributed by atoms with Crippen LogP contribution in [-0.2, 0) is 0 Å². The smallest absolute Gasteiger partial charge is 0.0261 e. The average molecular weight is 138 g/mol. The minimum absolute atomic E-state index is 0.660. The van der Waals surface area contributed by atoms with Crippen molar-refractivity contribution in [2.45, 2.75) is 40.5 Å². The molecule has 0 heterocycles. The van der Waals surface area contributed by atoms with Crippen LogP contribution in [-0.4, -0.2) is 0 Å². The largest absolute Gasteiger partial charge is 0.0615 e. The van der Waals surface area contributed by atoms with E-state index in [0.717, 1.165) is 17.3 Å². The van der Waals surface area contributed by atoms with Gasteiger partial charge in [-0.2, -0.15) is 0 Å². The van der Waals surface area contributed by atoms with E-state index in [0.29, 0.717) is 5.41 Å². The van der Waals surface area contributed by atoms with Crippen molar-refractivity contribution in [2.75, 3.05) is 0 Å². The minimum atomic E-state index is 0.660. The number of hydrogen-bond acceptors (Lipinski definition) is 0. The first-order chi connectivity index (χ1) is 4.49. The highest BCUT2D eigenvalue weighted by atomic mass is 14.7. The molecule has 10 heavy (non-hydrogen) atoms. The molecule has 0 amide bonds. The lowest BCUT2D eigenvalue weighted by molar-refractivity contribution is -0.232. The van der Waals surface area contributed by atoms with Crippen LogP contribution in [0.4, 0.5) is 0 Å². The van der Waals surface area contributed by atoms with Crippen molar-refractivity contribution in [1.82, 2.24) is 0 Å². The van der Waals surface area contributed by atoms with Crippen LogP contribution in [0.1, 0.15) is 40.5 Å². The van der Waals surface area contributed by atoms with E-state index in [-0.39, 0.29) is 0 Å². The standard InChI is InChI=1S/C10H18/c1-7-9(2,3)8-5-6-10(7,8)4/h7-8H,5-6H2,1-4H3/t7-,8-,10?/m1/s1. The van der Waals surface area contributed by atoms with E-state index in [2.05, 4.69) is 27.7 Å². The van der Waals surface area contributed by atoms with Gasteiger partial charge >= 0.3 is 0 Å². The van der Waals surface area contributed by atoms with Crippen molar-refractivity contribution in [3.8, 4) is 0 Å². The summed E-state index contributed by atoms with van der Waals surface area (Å²) in [6.07, 6.45) is 2.98. The normalized spacial score (nSPS) is 56.4. The summed E-state index contributed by atoms with van der Waals surface area (Å²) in [4.78, 5) is 0. The molecule has 0 bridgehead atoms. The molecule has 2 saturated carbocycles. The van der Waals surface area contributed by atoms with Gasteiger partial charge in [0.2, 0.25) is 0 Å². The molecular weight excluding hydrogens is 120 g/mol. The molecule has 0 radical (unpaired) electrons. The van der Waals surface area contributed by atoms with Gasteiger partial charge in [0.25, 0.3) is 0 Å². The van der Waals surface area contributed by atoms with E-state index in [1.807, 2.05) is 0 Å². The van der Waals surface area contributed by atoms with Gasteiger partial charge in [0, 0.05) is 0 Å². The van der Waals surface area contributed by atoms with E-state index >= 15 is 0 Å². The van der Waals surface area contributed by atoms with Gasteiger partial charge in [-0.05, 0) is 35.5 Å². The zero-order chi connectivity index (χ0) is 7.57. The van der Waals surface area contributed by atoms with Crippen LogP contribution in [0, 0.1) is 22.7 Å². The lowest BCUT2D eigenvalue weighted by Crippen LogP contribution is -2.65. The van der Waals surface area contributed by atoms with Gasteiger partial charge < -0.3 is 0 Å². The molecule has 2 aliphatic rings. The van der Waals surface area contributed by atoms with Gasteiger partial charge in [0.05, 0.1) is 0 Å². The third kappa shape index (κ3) is 0.436. The fourth-order valence-corrected chi connectivity index (χ4v) is 3.54. The first-order valence-electron chi connectivity index (χ1n) is 4.49. The van der Waals surface area contributed by atoms with Crippen LogP contribution in [0.3, 0.4) is 0 Å². The molecular formula is C10H18. The van der Waals surface area contributed by atoms with Crippen molar-refractivity contribution in [3.05, 3.63) is 0 Å². The maximum absolute atomic E-state index is 2.47. The predicted molar refractivity (Wildman–Crippen MR) is 43.8 cm³/mol. The summed E-state index contributed by atoms with van der Waals surface area (Å²) in [5, 5.41) is 0. The second-order valence-corrected chi connectivity index (χ2v) is 5.14. The average Bonchev–Trinajstić information content (AvgIpc) is 1.81. The zero-order valence-corrected chi connectivity index (χ0v) is 7.57. The Morgan fingerprint density at radius 1 is 1.20 bits per heavy atom. The molecule has 3 atom stereocenters. The Labute approximate surface area is 64.0 Å². The van der Waals surface area contributed by atoms with Crippen molar-refractivity contribution in [2.24, 2.45) is 22.7 Å². The van der Waals surface area contributed by atoms with Crippen molar-refractivity contribution in [3.63, 3.8) is 0 Å². The zero-order valence-electron chi connectivity index (χ0n) is 7.57. The van der Waals surface area contributed by atoms with Gasteiger partial charge in [0.15, 0.2) is 0 Å². The second kappa shape index (κ2) is 1.44. The van der Waals surface area contributed by atoms with E-state index in [1.54, 1.807) is 0 Å². The van der Waals surface area contributed by atoms with E-state index in [1.165, 1.54) is 12.8 Å². The maximum Gasteiger partial charge on any atom is -0.0261 e. The first-order valence-corrected chi connectivity index (χ1v) is 4.49. The van der Waals surface area contributed by atoms with Crippen molar-refractivity contribution in [1.29, 1.82) is 0 Å². The number of rotatable bonds is 0. The SMILES string of the molecule is C[C@@H]1C(C)(C)[C@H]2CCC12C. The molecule has 0 heteroatoms. The third-order valence-corrected chi connectivity index (χ3v) is 4.77. The van der Waals surface area contributed by atoms with Gasteiger partial charge in [-0.25, -0.2) is 0 Å². The fourth-order valence-electron chi connectivity index (χ4n) is 3.54. The molecule has 2 fully saturated rings. The molecule has 0 nitrogen and oxygen atoms in total. The number of fused-ring (bicyclic) bond motifs is 1. The topological polar surface area (TPSA) is 0 Å². The van der Waals surface area contributed by atoms with Crippen molar-refractivity contribution < 1.29 is 0 Å².